The Morgan fingerprint density at radius 2 is 2.29 bits per heavy atom. The zero-order chi connectivity index (χ0) is 12.1. The first-order valence-electron chi connectivity index (χ1n) is 5.95. The molecule has 1 unspecified atom stereocenters. The lowest BCUT2D eigenvalue weighted by atomic mass is 10.1. The molecule has 2 N–H and O–H groups in total. The standard InChI is InChI=1S/C13H19NO3/c1-15-12-5-4-10(8-14)7-13(12)17-11-3-2-6-16-9-11/h4-5,7,11H,2-3,6,8-9,14H2,1H3. The van der Waals surface area contributed by atoms with Crippen molar-refractivity contribution in [2.24, 2.45) is 5.73 Å². The van der Waals surface area contributed by atoms with Crippen molar-refractivity contribution in [3.8, 4) is 11.5 Å². The van der Waals surface area contributed by atoms with E-state index in [1.54, 1.807) is 7.11 Å². The first-order chi connectivity index (χ1) is 8.33. The Balaban J connectivity index is 2.11. The van der Waals surface area contributed by atoms with E-state index in [1.807, 2.05) is 18.2 Å². The molecule has 0 aliphatic carbocycles. The predicted molar refractivity (Wildman–Crippen MR) is 65.4 cm³/mol. The minimum absolute atomic E-state index is 0.116. The lowest BCUT2D eigenvalue weighted by Crippen LogP contribution is -2.28. The van der Waals surface area contributed by atoms with Crippen molar-refractivity contribution in [3.63, 3.8) is 0 Å². The lowest BCUT2D eigenvalue weighted by Gasteiger charge is -2.24. The maximum absolute atomic E-state index is 5.91. The Bertz CT molecular complexity index is 362. The van der Waals surface area contributed by atoms with E-state index in [-0.39, 0.29) is 6.10 Å². The predicted octanol–water partition coefficient (Wildman–Crippen LogP) is 1.71. The second kappa shape index (κ2) is 5.89. The zero-order valence-electron chi connectivity index (χ0n) is 10.1. The fourth-order valence-corrected chi connectivity index (χ4v) is 1.92. The van der Waals surface area contributed by atoms with E-state index in [1.165, 1.54) is 0 Å². The van der Waals surface area contributed by atoms with Crippen LogP contribution in [-0.4, -0.2) is 26.4 Å². The van der Waals surface area contributed by atoms with Crippen molar-refractivity contribution < 1.29 is 14.2 Å². The van der Waals surface area contributed by atoms with Crippen LogP contribution in [0.25, 0.3) is 0 Å². The second-order valence-electron chi connectivity index (χ2n) is 4.15. The van der Waals surface area contributed by atoms with E-state index >= 15 is 0 Å². The van der Waals surface area contributed by atoms with Gasteiger partial charge >= 0.3 is 0 Å². The van der Waals surface area contributed by atoms with E-state index in [0.29, 0.717) is 13.2 Å². The molecule has 1 aliphatic heterocycles. The molecule has 1 heterocycles. The molecule has 1 aromatic carbocycles. The first kappa shape index (κ1) is 12.2. The van der Waals surface area contributed by atoms with Crippen LogP contribution in [-0.2, 0) is 11.3 Å². The van der Waals surface area contributed by atoms with Gasteiger partial charge in [0.25, 0.3) is 0 Å². The Hall–Kier alpha value is -1.26. The van der Waals surface area contributed by atoms with Gasteiger partial charge in [0.15, 0.2) is 11.5 Å². The van der Waals surface area contributed by atoms with Crippen LogP contribution in [0.1, 0.15) is 18.4 Å². The summed E-state index contributed by atoms with van der Waals surface area (Å²) in [5.41, 5.74) is 6.66. The molecule has 94 valence electrons. The summed E-state index contributed by atoms with van der Waals surface area (Å²) in [6.07, 6.45) is 2.19. The summed E-state index contributed by atoms with van der Waals surface area (Å²) in [5, 5.41) is 0. The summed E-state index contributed by atoms with van der Waals surface area (Å²) in [5.74, 6) is 1.50. The molecule has 0 amide bonds. The molecule has 4 nitrogen and oxygen atoms in total. The number of methoxy groups -OCH3 is 1. The summed E-state index contributed by atoms with van der Waals surface area (Å²) in [6.45, 7) is 1.98. The molecule has 17 heavy (non-hydrogen) atoms. The Morgan fingerprint density at radius 3 is 2.94 bits per heavy atom. The number of ether oxygens (including phenoxy) is 3. The summed E-state index contributed by atoms with van der Waals surface area (Å²) in [4.78, 5) is 0. The number of rotatable bonds is 4. The van der Waals surface area contributed by atoms with Gasteiger partial charge in [0, 0.05) is 13.2 Å². The summed E-state index contributed by atoms with van der Waals surface area (Å²) >= 11 is 0. The third-order valence-corrected chi connectivity index (χ3v) is 2.88. The van der Waals surface area contributed by atoms with Crippen molar-refractivity contribution in [3.05, 3.63) is 23.8 Å². The molecule has 4 heteroatoms. The van der Waals surface area contributed by atoms with E-state index in [9.17, 15) is 0 Å². The number of hydrogen-bond acceptors (Lipinski definition) is 4. The van der Waals surface area contributed by atoms with Gasteiger partial charge in [0.2, 0.25) is 0 Å². The molecule has 1 fully saturated rings. The van der Waals surface area contributed by atoms with Gasteiger partial charge in [-0.2, -0.15) is 0 Å². The molecule has 0 radical (unpaired) electrons. The van der Waals surface area contributed by atoms with E-state index in [4.69, 9.17) is 19.9 Å². The van der Waals surface area contributed by atoms with E-state index < -0.39 is 0 Å². The van der Waals surface area contributed by atoms with Crippen LogP contribution in [0.3, 0.4) is 0 Å². The van der Waals surface area contributed by atoms with Crippen molar-refractivity contribution in [1.82, 2.24) is 0 Å². The third-order valence-electron chi connectivity index (χ3n) is 2.88. The highest BCUT2D eigenvalue weighted by Crippen LogP contribution is 2.30. The summed E-state index contributed by atoms with van der Waals surface area (Å²) in [7, 11) is 1.64. The molecule has 1 aliphatic rings. The topological polar surface area (TPSA) is 53.7 Å². The van der Waals surface area contributed by atoms with Gasteiger partial charge in [0.1, 0.15) is 6.10 Å². The van der Waals surface area contributed by atoms with E-state index in [0.717, 1.165) is 36.5 Å². The maximum atomic E-state index is 5.91. The van der Waals surface area contributed by atoms with Crippen LogP contribution in [0, 0.1) is 0 Å². The molecule has 0 bridgehead atoms. The highest BCUT2D eigenvalue weighted by atomic mass is 16.5. The van der Waals surface area contributed by atoms with Crippen LogP contribution < -0.4 is 15.2 Å². The quantitative estimate of drug-likeness (QED) is 0.866. The zero-order valence-corrected chi connectivity index (χ0v) is 10.1. The number of nitrogens with two attached hydrogens (primary N) is 1. The number of benzene rings is 1. The van der Waals surface area contributed by atoms with Crippen LogP contribution >= 0.6 is 0 Å². The van der Waals surface area contributed by atoms with Crippen LogP contribution in [0.15, 0.2) is 18.2 Å². The smallest absolute Gasteiger partial charge is 0.162 e. The van der Waals surface area contributed by atoms with Gasteiger partial charge in [-0.3, -0.25) is 0 Å². The lowest BCUT2D eigenvalue weighted by molar-refractivity contribution is 0.00641. The highest BCUT2D eigenvalue weighted by molar-refractivity contribution is 5.43. The van der Waals surface area contributed by atoms with Gasteiger partial charge in [0.05, 0.1) is 13.7 Å². The van der Waals surface area contributed by atoms with Crippen molar-refractivity contribution >= 4 is 0 Å². The second-order valence-corrected chi connectivity index (χ2v) is 4.15. The van der Waals surface area contributed by atoms with Crippen molar-refractivity contribution in [1.29, 1.82) is 0 Å². The van der Waals surface area contributed by atoms with Crippen molar-refractivity contribution in [2.75, 3.05) is 20.3 Å². The highest BCUT2D eigenvalue weighted by Gasteiger charge is 2.17. The maximum Gasteiger partial charge on any atom is 0.162 e. The van der Waals surface area contributed by atoms with Crippen LogP contribution in [0.5, 0.6) is 11.5 Å². The Labute approximate surface area is 102 Å². The van der Waals surface area contributed by atoms with Gasteiger partial charge in [-0.1, -0.05) is 6.07 Å². The average molecular weight is 237 g/mol. The van der Waals surface area contributed by atoms with Gasteiger partial charge < -0.3 is 19.9 Å². The monoisotopic (exact) mass is 237 g/mol. The fraction of sp³-hybridized carbons (Fsp3) is 0.538. The molecule has 1 atom stereocenters. The van der Waals surface area contributed by atoms with Crippen LogP contribution in [0.2, 0.25) is 0 Å². The summed E-state index contributed by atoms with van der Waals surface area (Å²) in [6, 6.07) is 5.78. The van der Waals surface area contributed by atoms with Crippen LogP contribution in [0.4, 0.5) is 0 Å². The Morgan fingerprint density at radius 1 is 1.41 bits per heavy atom. The minimum Gasteiger partial charge on any atom is -0.493 e. The molecule has 1 saturated heterocycles. The van der Waals surface area contributed by atoms with Gasteiger partial charge in [-0.05, 0) is 30.5 Å². The fourth-order valence-electron chi connectivity index (χ4n) is 1.92. The normalized spacial score (nSPS) is 20.0. The molecule has 2 rings (SSSR count). The molecule has 1 aromatic rings. The molecule has 0 aromatic heterocycles. The third kappa shape index (κ3) is 3.11. The van der Waals surface area contributed by atoms with E-state index in [2.05, 4.69) is 0 Å². The van der Waals surface area contributed by atoms with Gasteiger partial charge in [-0.25, -0.2) is 0 Å². The summed E-state index contributed by atoms with van der Waals surface area (Å²) < 4.78 is 16.6. The molecular weight excluding hydrogens is 218 g/mol. The molecule has 0 saturated carbocycles. The minimum atomic E-state index is 0.116. The van der Waals surface area contributed by atoms with Crippen molar-refractivity contribution in [2.45, 2.75) is 25.5 Å². The molecule has 0 spiro atoms. The first-order valence-corrected chi connectivity index (χ1v) is 5.95. The molecular formula is C13H19NO3. The van der Waals surface area contributed by atoms with Gasteiger partial charge in [-0.15, -0.1) is 0 Å². The number of hydrogen-bond donors (Lipinski definition) is 1. The Kier molecular flexibility index (Phi) is 4.23. The average Bonchev–Trinajstić information content (AvgIpc) is 2.40. The SMILES string of the molecule is COc1ccc(CN)cc1OC1CCCOC1. The largest absolute Gasteiger partial charge is 0.493 e.